The van der Waals surface area contributed by atoms with E-state index in [2.05, 4.69) is 4.99 Å². The van der Waals surface area contributed by atoms with Crippen LogP contribution in [-0.4, -0.2) is 31.0 Å². The molecule has 25 heavy (non-hydrogen) atoms. The molecule has 10 heteroatoms. The van der Waals surface area contributed by atoms with E-state index in [1.54, 1.807) is 0 Å². The Balaban J connectivity index is 1.97. The maximum atomic E-state index is 14.1. The molecule has 2 aliphatic rings. The first-order valence-corrected chi connectivity index (χ1v) is 7.33. The third-order valence-electron chi connectivity index (χ3n) is 3.97. The van der Waals surface area contributed by atoms with Gasteiger partial charge in [0.15, 0.2) is 6.17 Å². The fraction of sp³-hybridized carbons (Fsp3) is 0.533. The smallest absolute Gasteiger partial charge is 0.416 e. The van der Waals surface area contributed by atoms with Gasteiger partial charge in [-0.25, -0.2) is 9.38 Å². The lowest BCUT2D eigenvalue weighted by Crippen LogP contribution is -2.49. The summed E-state index contributed by atoms with van der Waals surface area (Å²) >= 11 is 0. The number of hydrogen-bond acceptors (Lipinski definition) is 3. The predicted octanol–water partition coefficient (Wildman–Crippen LogP) is 4.35. The van der Waals surface area contributed by atoms with Gasteiger partial charge in [-0.05, 0) is 31.0 Å². The van der Waals surface area contributed by atoms with Gasteiger partial charge in [-0.15, -0.1) is 0 Å². The van der Waals surface area contributed by atoms with Gasteiger partial charge in [0, 0.05) is 5.56 Å². The van der Waals surface area contributed by atoms with Gasteiger partial charge in [0.2, 0.25) is 5.90 Å². The fourth-order valence-corrected chi connectivity index (χ4v) is 2.69. The lowest BCUT2D eigenvalue weighted by atomic mass is 10.0. The van der Waals surface area contributed by atoms with Gasteiger partial charge in [0.1, 0.15) is 6.54 Å². The second kappa shape index (κ2) is 5.86. The SMILES string of the molecule is FC1CCCOC12CN=C(c1cc(C(F)(F)F)cc(C(F)(F)F)c1)O2. The molecule has 1 spiro atoms. The summed E-state index contributed by atoms with van der Waals surface area (Å²) in [5.41, 5.74) is -3.52. The van der Waals surface area contributed by atoms with Gasteiger partial charge in [-0.2, -0.15) is 26.3 Å². The average molecular weight is 371 g/mol. The molecule has 0 N–H and O–H groups in total. The van der Waals surface area contributed by atoms with Crippen LogP contribution in [0.2, 0.25) is 0 Å². The molecule has 0 amide bonds. The fourth-order valence-electron chi connectivity index (χ4n) is 2.69. The Morgan fingerprint density at radius 2 is 1.60 bits per heavy atom. The van der Waals surface area contributed by atoms with Gasteiger partial charge in [0.05, 0.1) is 17.7 Å². The van der Waals surface area contributed by atoms with Crippen molar-refractivity contribution in [2.45, 2.75) is 37.2 Å². The summed E-state index contributed by atoms with van der Waals surface area (Å²) in [5.74, 6) is -2.28. The van der Waals surface area contributed by atoms with E-state index in [9.17, 15) is 30.7 Å². The Morgan fingerprint density at radius 3 is 2.12 bits per heavy atom. The minimum atomic E-state index is -4.99. The highest BCUT2D eigenvalue weighted by Gasteiger charge is 2.50. The molecule has 1 saturated heterocycles. The van der Waals surface area contributed by atoms with Crippen molar-refractivity contribution in [2.75, 3.05) is 13.2 Å². The van der Waals surface area contributed by atoms with Crippen LogP contribution in [0.5, 0.6) is 0 Å². The summed E-state index contributed by atoms with van der Waals surface area (Å²) in [6, 6.07) is 0.982. The molecular weight excluding hydrogens is 359 g/mol. The average Bonchev–Trinajstić information content (AvgIpc) is 2.93. The second-order valence-corrected chi connectivity index (χ2v) is 5.79. The Hall–Kier alpha value is -1.84. The molecule has 1 aromatic carbocycles. The first-order chi connectivity index (χ1) is 11.5. The standard InChI is InChI=1S/C15H12F7NO2/c16-11-2-1-3-24-13(11)7-23-12(25-13)8-4-9(14(17,18)19)6-10(5-8)15(20,21)22/h4-6,11H,1-3,7H2. The van der Waals surface area contributed by atoms with Crippen molar-refractivity contribution in [1.29, 1.82) is 0 Å². The van der Waals surface area contributed by atoms with Crippen LogP contribution in [-0.2, 0) is 21.8 Å². The summed E-state index contributed by atoms with van der Waals surface area (Å²) in [6.45, 7) is -0.166. The van der Waals surface area contributed by atoms with E-state index in [0.717, 1.165) is 0 Å². The van der Waals surface area contributed by atoms with Gasteiger partial charge >= 0.3 is 12.4 Å². The van der Waals surface area contributed by atoms with Crippen LogP contribution in [0.15, 0.2) is 23.2 Å². The molecule has 2 atom stereocenters. The number of alkyl halides is 7. The minimum absolute atomic E-state index is 0.00382. The summed E-state index contributed by atoms with van der Waals surface area (Å²) in [7, 11) is 0. The molecule has 0 radical (unpaired) electrons. The van der Waals surface area contributed by atoms with Gasteiger partial charge in [-0.3, -0.25) is 0 Å². The number of benzene rings is 1. The third-order valence-corrected chi connectivity index (χ3v) is 3.97. The lowest BCUT2D eigenvalue weighted by Gasteiger charge is -2.35. The Morgan fingerprint density at radius 1 is 1.00 bits per heavy atom. The van der Waals surface area contributed by atoms with Gasteiger partial charge < -0.3 is 9.47 Å². The van der Waals surface area contributed by atoms with Crippen molar-refractivity contribution < 1.29 is 40.2 Å². The maximum absolute atomic E-state index is 14.1. The van der Waals surface area contributed by atoms with Crippen molar-refractivity contribution in [3.63, 3.8) is 0 Å². The normalized spacial score (nSPS) is 27.3. The molecular formula is C15H12F7NO2. The topological polar surface area (TPSA) is 30.8 Å². The molecule has 1 aromatic rings. The van der Waals surface area contributed by atoms with Gasteiger partial charge in [-0.1, -0.05) is 0 Å². The monoisotopic (exact) mass is 371 g/mol. The zero-order valence-corrected chi connectivity index (χ0v) is 12.5. The van der Waals surface area contributed by atoms with E-state index in [0.29, 0.717) is 18.6 Å². The van der Waals surface area contributed by atoms with E-state index in [4.69, 9.17) is 9.47 Å². The van der Waals surface area contributed by atoms with E-state index >= 15 is 0 Å². The van der Waals surface area contributed by atoms with Crippen molar-refractivity contribution in [2.24, 2.45) is 4.99 Å². The van der Waals surface area contributed by atoms with Crippen LogP contribution in [0.25, 0.3) is 0 Å². The van der Waals surface area contributed by atoms with E-state index in [1.807, 2.05) is 0 Å². The molecule has 0 bridgehead atoms. The highest BCUT2D eigenvalue weighted by Crippen LogP contribution is 2.39. The minimum Gasteiger partial charge on any atom is -0.440 e. The molecule has 138 valence electrons. The van der Waals surface area contributed by atoms with E-state index < -0.39 is 46.9 Å². The second-order valence-electron chi connectivity index (χ2n) is 5.79. The van der Waals surface area contributed by atoms with Crippen LogP contribution >= 0.6 is 0 Å². The van der Waals surface area contributed by atoms with Crippen LogP contribution < -0.4 is 0 Å². The van der Waals surface area contributed by atoms with Crippen molar-refractivity contribution in [3.05, 3.63) is 34.9 Å². The molecule has 3 nitrogen and oxygen atoms in total. The van der Waals surface area contributed by atoms with Crippen LogP contribution in [0.1, 0.15) is 29.5 Å². The number of halogens is 7. The quantitative estimate of drug-likeness (QED) is 0.688. The molecule has 3 rings (SSSR count). The molecule has 0 saturated carbocycles. The molecule has 0 aromatic heterocycles. The van der Waals surface area contributed by atoms with Crippen LogP contribution in [0.4, 0.5) is 30.7 Å². The van der Waals surface area contributed by atoms with Gasteiger partial charge in [0.25, 0.3) is 5.79 Å². The van der Waals surface area contributed by atoms with E-state index in [1.165, 1.54) is 0 Å². The van der Waals surface area contributed by atoms with Crippen molar-refractivity contribution >= 4 is 5.90 Å². The number of ether oxygens (including phenoxy) is 2. The molecule has 2 heterocycles. The summed E-state index contributed by atoms with van der Waals surface area (Å²) in [6.07, 6.45) is -11.0. The van der Waals surface area contributed by atoms with Crippen molar-refractivity contribution in [1.82, 2.24) is 0 Å². The first-order valence-electron chi connectivity index (χ1n) is 7.33. The number of nitrogens with zero attached hydrogens (tertiary/aromatic N) is 1. The van der Waals surface area contributed by atoms with E-state index in [-0.39, 0.29) is 25.6 Å². The summed E-state index contributed by atoms with van der Waals surface area (Å²) in [4.78, 5) is 3.77. The van der Waals surface area contributed by atoms with Crippen LogP contribution in [0.3, 0.4) is 0 Å². The highest BCUT2D eigenvalue weighted by atomic mass is 19.4. The van der Waals surface area contributed by atoms with Crippen LogP contribution in [0, 0.1) is 0 Å². The third kappa shape index (κ3) is 3.44. The number of hydrogen-bond donors (Lipinski definition) is 0. The Bertz CT molecular complexity index is 666. The molecule has 0 aliphatic carbocycles. The number of rotatable bonds is 1. The summed E-state index contributed by atoms with van der Waals surface area (Å²) in [5, 5.41) is 0. The first kappa shape index (κ1) is 18.0. The Kier molecular flexibility index (Phi) is 4.21. The maximum Gasteiger partial charge on any atom is 0.416 e. The van der Waals surface area contributed by atoms with Crippen molar-refractivity contribution in [3.8, 4) is 0 Å². The lowest BCUT2D eigenvalue weighted by molar-refractivity contribution is -0.232. The zero-order valence-electron chi connectivity index (χ0n) is 12.5. The molecule has 2 unspecified atom stereocenters. The highest BCUT2D eigenvalue weighted by molar-refractivity contribution is 5.96. The molecule has 1 fully saturated rings. The zero-order chi connectivity index (χ0) is 18.5. The predicted molar refractivity (Wildman–Crippen MR) is 71.7 cm³/mol. The summed E-state index contributed by atoms with van der Waals surface area (Å²) < 4.78 is 102. The largest absolute Gasteiger partial charge is 0.440 e. The molecule has 2 aliphatic heterocycles. The Labute approximate surface area is 137 Å². The number of aliphatic imine (C=N–C) groups is 1.